The van der Waals surface area contributed by atoms with Crippen LogP contribution in [-0.2, 0) is 13.0 Å². The van der Waals surface area contributed by atoms with Gasteiger partial charge in [0.2, 0.25) is 0 Å². The van der Waals surface area contributed by atoms with Crippen molar-refractivity contribution < 1.29 is 14.6 Å². The maximum absolute atomic E-state index is 8.85. The van der Waals surface area contributed by atoms with Crippen LogP contribution in [-0.4, -0.2) is 68.5 Å². The summed E-state index contributed by atoms with van der Waals surface area (Å²) in [5.74, 6) is 2.53. The van der Waals surface area contributed by atoms with Gasteiger partial charge in [0.25, 0.3) is 0 Å². The summed E-state index contributed by atoms with van der Waals surface area (Å²) in [5.41, 5.74) is 2.59. The van der Waals surface area contributed by atoms with Crippen LogP contribution in [0.4, 0.5) is 0 Å². The average molecular weight is 413 g/mol. The van der Waals surface area contributed by atoms with Crippen LogP contribution in [0.3, 0.4) is 0 Å². The van der Waals surface area contributed by atoms with Crippen molar-refractivity contribution in [2.75, 3.05) is 53.6 Å². The Kier molecular flexibility index (Phi) is 9.00. The normalized spacial score (nSPS) is 17.3. The molecule has 0 radical (unpaired) electrons. The minimum absolute atomic E-state index is 0.0434. The van der Waals surface area contributed by atoms with Crippen molar-refractivity contribution in [2.24, 2.45) is 5.92 Å². The maximum Gasteiger partial charge on any atom is 0.122 e. The number of aliphatic hydroxyl groups excluding tert-OH is 1. The monoisotopic (exact) mass is 412 g/mol. The molecule has 1 atom stereocenters. The molecule has 2 aromatic rings. The second kappa shape index (κ2) is 11.9. The highest BCUT2D eigenvalue weighted by Crippen LogP contribution is 2.22. The quantitative estimate of drug-likeness (QED) is 0.612. The molecule has 5 heteroatoms. The Balaban J connectivity index is 1.43. The van der Waals surface area contributed by atoms with Gasteiger partial charge in [-0.3, -0.25) is 0 Å². The number of hydrogen-bond acceptors (Lipinski definition) is 5. The third-order valence-electron chi connectivity index (χ3n) is 5.80. The van der Waals surface area contributed by atoms with Crippen molar-refractivity contribution in [3.63, 3.8) is 0 Å². The van der Waals surface area contributed by atoms with Crippen molar-refractivity contribution in [3.05, 3.63) is 59.7 Å². The first-order chi connectivity index (χ1) is 14.7. The van der Waals surface area contributed by atoms with Crippen molar-refractivity contribution in [1.82, 2.24) is 9.80 Å². The molecule has 0 aliphatic carbocycles. The number of methoxy groups -OCH3 is 1. The smallest absolute Gasteiger partial charge is 0.122 e. The van der Waals surface area contributed by atoms with E-state index in [1.54, 1.807) is 7.11 Å². The zero-order valence-corrected chi connectivity index (χ0v) is 18.4. The molecule has 30 heavy (non-hydrogen) atoms. The highest BCUT2D eigenvalue weighted by atomic mass is 16.5. The van der Waals surface area contributed by atoms with Crippen LogP contribution in [0.2, 0.25) is 0 Å². The second-order valence-electron chi connectivity index (χ2n) is 8.28. The molecule has 5 nitrogen and oxygen atoms in total. The fourth-order valence-corrected chi connectivity index (χ4v) is 4.36. The Hall–Kier alpha value is -2.08. The number of para-hydroxylation sites is 1. The van der Waals surface area contributed by atoms with Crippen LogP contribution in [0.25, 0.3) is 0 Å². The first kappa shape index (κ1) is 22.6. The third kappa shape index (κ3) is 7.01. The lowest BCUT2D eigenvalue weighted by Crippen LogP contribution is -2.40. The van der Waals surface area contributed by atoms with Gasteiger partial charge >= 0.3 is 0 Å². The lowest BCUT2D eigenvalue weighted by molar-refractivity contribution is 0.142. The highest BCUT2D eigenvalue weighted by molar-refractivity contribution is 5.33. The predicted molar refractivity (Wildman–Crippen MR) is 121 cm³/mol. The topological polar surface area (TPSA) is 45.2 Å². The number of rotatable bonds is 11. The number of piperidine rings is 1. The van der Waals surface area contributed by atoms with Gasteiger partial charge < -0.3 is 24.4 Å². The van der Waals surface area contributed by atoms with Gasteiger partial charge in [0.05, 0.1) is 13.7 Å². The van der Waals surface area contributed by atoms with Crippen LogP contribution in [0, 0.1) is 5.92 Å². The molecule has 0 unspecified atom stereocenters. The van der Waals surface area contributed by atoms with E-state index < -0.39 is 0 Å². The number of nitrogens with zero attached hydrogens (tertiary/aromatic N) is 2. The molecule has 164 valence electrons. The molecule has 1 fully saturated rings. The summed E-state index contributed by atoms with van der Waals surface area (Å²) in [6.07, 6.45) is 3.63. The molecule has 0 bridgehead atoms. The molecule has 2 aromatic carbocycles. The first-order valence-electron chi connectivity index (χ1n) is 11.0. The minimum Gasteiger partial charge on any atom is -0.496 e. The molecule has 1 aliphatic heterocycles. The van der Waals surface area contributed by atoms with E-state index >= 15 is 0 Å². The number of likely N-dealkylation sites (tertiary alicyclic amines) is 1. The van der Waals surface area contributed by atoms with E-state index in [2.05, 4.69) is 47.2 Å². The molecule has 0 amide bonds. The molecule has 1 aliphatic rings. The van der Waals surface area contributed by atoms with Crippen LogP contribution < -0.4 is 9.47 Å². The second-order valence-corrected chi connectivity index (χ2v) is 8.28. The molecule has 0 aromatic heterocycles. The van der Waals surface area contributed by atoms with Gasteiger partial charge in [-0.1, -0.05) is 30.3 Å². The van der Waals surface area contributed by atoms with Crippen molar-refractivity contribution in [3.8, 4) is 11.5 Å². The van der Waals surface area contributed by atoms with Crippen LogP contribution >= 0.6 is 0 Å². The summed E-state index contributed by atoms with van der Waals surface area (Å²) in [4.78, 5) is 5.04. The molecule has 1 saturated heterocycles. The van der Waals surface area contributed by atoms with Crippen LogP contribution in [0.15, 0.2) is 48.5 Å². The van der Waals surface area contributed by atoms with Crippen LogP contribution in [0.5, 0.6) is 11.5 Å². The van der Waals surface area contributed by atoms with E-state index in [9.17, 15) is 0 Å². The Morgan fingerprint density at radius 1 is 1.13 bits per heavy atom. The van der Waals surface area contributed by atoms with Gasteiger partial charge in [0, 0.05) is 26.2 Å². The summed E-state index contributed by atoms with van der Waals surface area (Å²) >= 11 is 0. The van der Waals surface area contributed by atoms with E-state index in [0.717, 1.165) is 37.6 Å². The summed E-state index contributed by atoms with van der Waals surface area (Å²) in [5, 5.41) is 8.85. The largest absolute Gasteiger partial charge is 0.496 e. The van der Waals surface area contributed by atoms with Gasteiger partial charge in [-0.2, -0.15) is 0 Å². The average Bonchev–Trinajstić information content (AvgIpc) is 2.77. The minimum atomic E-state index is 0.0434. The van der Waals surface area contributed by atoms with Crippen molar-refractivity contribution in [1.29, 1.82) is 0 Å². The Morgan fingerprint density at radius 3 is 2.70 bits per heavy atom. The summed E-state index contributed by atoms with van der Waals surface area (Å²) in [6, 6.07) is 16.6. The highest BCUT2D eigenvalue weighted by Gasteiger charge is 2.21. The van der Waals surface area contributed by atoms with Gasteiger partial charge in [0.15, 0.2) is 0 Å². The number of benzene rings is 2. The Labute approximate surface area is 181 Å². The van der Waals surface area contributed by atoms with Crippen molar-refractivity contribution >= 4 is 0 Å². The molecule has 0 saturated carbocycles. The SMILES string of the molecule is COc1ccccc1CCN1CCC[C@H](CN(C)Cc2ccc(OCCO)cc2)C1. The molecule has 1 heterocycles. The molecule has 3 rings (SSSR count). The molecular weight excluding hydrogens is 376 g/mol. The van der Waals surface area contributed by atoms with Crippen LogP contribution in [0.1, 0.15) is 24.0 Å². The fourth-order valence-electron chi connectivity index (χ4n) is 4.36. The molecule has 0 spiro atoms. The fraction of sp³-hybridized carbons (Fsp3) is 0.520. The zero-order chi connectivity index (χ0) is 21.2. The number of hydrogen-bond donors (Lipinski definition) is 1. The van der Waals surface area contributed by atoms with Gasteiger partial charge in [-0.05, 0) is 68.1 Å². The maximum atomic E-state index is 8.85. The number of aliphatic hydroxyl groups is 1. The number of ether oxygens (including phenoxy) is 2. The van der Waals surface area contributed by atoms with E-state index in [1.807, 2.05) is 18.2 Å². The molecular formula is C25H36N2O3. The standard InChI is InChI=1S/C25H36N2O3/c1-26(18-21-9-11-24(12-10-21)30-17-16-28)19-22-6-5-14-27(20-22)15-13-23-7-3-4-8-25(23)29-2/h3-4,7-12,22,28H,5-6,13-20H2,1-2H3/t22-/m1/s1. The summed E-state index contributed by atoms with van der Waals surface area (Å²) < 4.78 is 10.9. The lowest BCUT2D eigenvalue weighted by atomic mass is 9.97. The van der Waals surface area contributed by atoms with Gasteiger partial charge in [-0.25, -0.2) is 0 Å². The first-order valence-corrected chi connectivity index (χ1v) is 11.0. The predicted octanol–water partition coefficient (Wildman–Crippen LogP) is 3.45. The zero-order valence-electron chi connectivity index (χ0n) is 18.4. The third-order valence-corrected chi connectivity index (χ3v) is 5.80. The van der Waals surface area contributed by atoms with E-state index in [-0.39, 0.29) is 6.61 Å². The lowest BCUT2D eigenvalue weighted by Gasteiger charge is -2.35. The van der Waals surface area contributed by atoms with E-state index in [1.165, 1.54) is 37.1 Å². The summed E-state index contributed by atoms with van der Waals surface area (Å²) in [6.45, 7) is 5.91. The Bertz CT molecular complexity index is 750. The van der Waals surface area contributed by atoms with Crippen molar-refractivity contribution in [2.45, 2.75) is 25.8 Å². The van der Waals surface area contributed by atoms with E-state index in [4.69, 9.17) is 14.6 Å². The summed E-state index contributed by atoms with van der Waals surface area (Å²) in [7, 11) is 3.96. The van der Waals surface area contributed by atoms with Gasteiger partial charge in [-0.15, -0.1) is 0 Å². The van der Waals surface area contributed by atoms with Gasteiger partial charge in [0.1, 0.15) is 18.1 Å². The van der Waals surface area contributed by atoms with E-state index in [0.29, 0.717) is 12.5 Å². The molecule has 1 N–H and O–H groups in total. The Morgan fingerprint density at radius 2 is 1.93 bits per heavy atom.